The average Bonchev–Trinajstić information content (AvgIpc) is 2.96. The van der Waals surface area contributed by atoms with Crippen molar-refractivity contribution in [3.63, 3.8) is 0 Å². The van der Waals surface area contributed by atoms with Crippen LogP contribution in [0.25, 0.3) is 0 Å². The van der Waals surface area contributed by atoms with Crippen LogP contribution >= 0.6 is 15.5 Å². The van der Waals surface area contributed by atoms with Gasteiger partial charge in [-0.05, 0) is 31.6 Å². The van der Waals surface area contributed by atoms with E-state index in [9.17, 15) is 0 Å². The van der Waals surface area contributed by atoms with E-state index in [1.807, 2.05) is 0 Å². The molecule has 2 saturated carbocycles. The van der Waals surface area contributed by atoms with E-state index in [1.165, 1.54) is 44.9 Å². The van der Waals surface area contributed by atoms with Crippen molar-refractivity contribution in [2.75, 3.05) is 6.66 Å². The van der Waals surface area contributed by atoms with Gasteiger partial charge in [0.05, 0.1) is 11.7 Å². The maximum Gasteiger partial charge on any atom is 0.140 e. The van der Waals surface area contributed by atoms with Crippen LogP contribution in [0.4, 0.5) is 0 Å². The largest absolute Gasteiger partial charge is 0.331 e. The first-order valence-electron chi connectivity index (χ1n) is 6.59. The maximum atomic E-state index is 6.19. The Balaban J connectivity index is 1.72. The lowest BCUT2D eigenvalue weighted by Crippen LogP contribution is -2.35. The van der Waals surface area contributed by atoms with Gasteiger partial charge in [0.1, 0.15) is 7.00 Å². The highest BCUT2D eigenvalue weighted by atomic mass is 31.8. The van der Waals surface area contributed by atoms with Crippen LogP contribution in [0.2, 0.25) is 0 Å². The fourth-order valence-electron chi connectivity index (χ4n) is 3.28. The number of hydrogen-bond acceptors (Lipinski definition) is 2. The molecule has 0 aromatic carbocycles. The van der Waals surface area contributed by atoms with Crippen molar-refractivity contribution in [3.8, 4) is 0 Å². The molecule has 16 heavy (non-hydrogen) atoms. The summed E-state index contributed by atoms with van der Waals surface area (Å²) in [6, 6.07) is 0. The molecule has 1 heterocycles. The fraction of sp³-hybridized carbons (Fsp3) is 1.00. The molecule has 3 aliphatic rings. The summed E-state index contributed by atoms with van der Waals surface area (Å²) in [5.74, 6) is 0.797. The van der Waals surface area contributed by atoms with Crippen molar-refractivity contribution < 1.29 is 9.05 Å². The van der Waals surface area contributed by atoms with Crippen LogP contribution < -0.4 is 0 Å². The standard InChI is InChI=1S/C12H22O2P2/c1-16(15)13-11(9-12(14-16)7-8-12)10-5-3-2-4-6-10/h10-11,15H,2-9H2,1H3. The third-order valence-electron chi connectivity index (χ3n) is 4.26. The first kappa shape index (κ1) is 11.7. The molecule has 4 heteroatoms. The molecule has 3 fully saturated rings. The van der Waals surface area contributed by atoms with Crippen molar-refractivity contribution in [1.29, 1.82) is 0 Å². The van der Waals surface area contributed by atoms with Gasteiger partial charge in [0.2, 0.25) is 0 Å². The van der Waals surface area contributed by atoms with E-state index < -0.39 is 7.00 Å². The molecule has 92 valence electrons. The Kier molecular flexibility index (Phi) is 3.00. The molecule has 2 aliphatic carbocycles. The van der Waals surface area contributed by atoms with Gasteiger partial charge in [-0.1, -0.05) is 27.8 Å². The van der Waals surface area contributed by atoms with Crippen LogP contribution in [0.3, 0.4) is 0 Å². The molecule has 2 nitrogen and oxygen atoms in total. The van der Waals surface area contributed by atoms with Gasteiger partial charge in [-0.3, -0.25) is 0 Å². The van der Waals surface area contributed by atoms with E-state index in [1.54, 1.807) is 0 Å². The van der Waals surface area contributed by atoms with E-state index in [0.29, 0.717) is 6.10 Å². The number of rotatable bonds is 1. The van der Waals surface area contributed by atoms with Gasteiger partial charge in [0.25, 0.3) is 0 Å². The lowest BCUT2D eigenvalue weighted by atomic mass is 9.83. The van der Waals surface area contributed by atoms with Gasteiger partial charge >= 0.3 is 0 Å². The first-order chi connectivity index (χ1) is 7.59. The molecule has 0 aromatic rings. The normalized spacial score (nSPS) is 43.4. The summed E-state index contributed by atoms with van der Waals surface area (Å²) in [5.41, 5.74) is 0.213. The second-order valence-electron chi connectivity index (χ2n) is 5.87. The lowest BCUT2D eigenvalue weighted by molar-refractivity contribution is -0.0000771. The van der Waals surface area contributed by atoms with Crippen molar-refractivity contribution in [2.24, 2.45) is 5.92 Å². The molecule has 0 N–H and O–H groups in total. The van der Waals surface area contributed by atoms with Crippen molar-refractivity contribution in [2.45, 2.75) is 63.1 Å². The monoisotopic (exact) mass is 260 g/mol. The molecule has 2 atom stereocenters. The third kappa shape index (κ3) is 2.41. The molecule has 1 aliphatic heterocycles. The minimum absolute atomic E-state index is 0.213. The van der Waals surface area contributed by atoms with Gasteiger partial charge in [-0.2, -0.15) is 0 Å². The predicted molar refractivity (Wildman–Crippen MR) is 70.3 cm³/mol. The second kappa shape index (κ2) is 4.09. The second-order valence-corrected chi connectivity index (χ2v) is 10.4. The van der Waals surface area contributed by atoms with Crippen LogP contribution in [-0.4, -0.2) is 18.4 Å². The van der Waals surface area contributed by atoms with Crippen LogP contribution in [-0.2, 0) is 9.05 Å². The molecule has 3 rings (SSSR count). The molecule has 0 amide bonds. The Morgan fingerprint density at radius 3 is 2.50 bits per heavy atom. The van der Waals surface area contributed by atoms with Gasteiger partial charge in [-0.25, -0.2) is 0 Å². The molecule has 1 saturated heterocycles. The highest BCUT2D eigenvalue weighted by Gasteiger charge is 2.53. The topological polar surface area (TPSA) is 18.5 Å². The summed E-state index contributed by atoms with van der Waals surface area (Å²) in [6.45, 7) is 2.11. The molecular formula is C12H22O2P2. The summed E-state index contributed by atoms with van der Waals surface area (Å²) >= 11 is 0. The Morgan fingerprint density at radius 2 is 1.88 bits per heavy atom. The van der Waals surface area contributed by atoms with E-state index in [-0.39, 0.29) is 5.60 Å². The zero-order valence-corrected chi connectivity index (χ0v) is 12.0. The minimum atomic E-state index is -1.71. The van der Waals surface area contributed by atoms with Crippen molar-refractivity contribution in [1.82, 2.24) is 0 Å². The van der Waals surface area contributed by atoms with Crippen molar-refractivity contribution >= 4 is 15.5 Å². The third-order valence-corrected chi connectivity index (χ3v) is 6.26. The maximum absolute atomic E-state index is 6.19. The molecule has 2 unspecified atom stereocenters. The van der Waals surface area contributed by atoms with Crippen LogP contribution in [0, 0.1) is 5.92 Å². The molecule has 1 spiro atoms. The summed E-state index contributed by atoms with van der Waals surface area (Å²) in [5, 5.41) is 0. The van der Waals surface area contributed by atoms with Gasteiger partial charge < -0.3 is 9.05 Å². The predicted octanol–water partition coefficient (Wildman–Crippen LogP) is 4.44. The van der Waals surface area contributed by atoms with Gasteiger partial charge in [0, 0.05) is 13.1 Å². The number of hydrogen-bond donors (Lipinski definition) is 0. The molecule has 0 bridgehead atoms. The minimum Gasteiger partial charge on any atom is -0.331 e. The SMILES string of the molecule is CP1(=P)OC(C2CCCCC2)CC2(CC2)O1. The quantitative estimate of drug-likeness (QED) is 0.649. The Morgan fingerprint density at radius 1 is 1.19 bits per heavy atom. The molecular weight excluding hydrogens is 238 g/mol. The smallest absolute Gasteiger partial charge is 0.140 e. The highest BCUT2D eigenvalue weighted by molar-refractivity contribution is 7.92. The Bertz CT molecular complexity index is 319. The Hall–Kier alpha value is 0.650. The van der Waals surface area contributed by atoms with Gasteiger partial charge in [0.15, 0.2) is 0 Å². The molecule has 0 radical (unpaired) electrons. The van der Waals surface area contributed by atoms with Crippen LogP contribution in [0.1, 0.15) is 51.4 Å². The fourth-order valence-corrected chi connectivity index (χ4v) is 6.07. The summed E-state index contributed by atoms with van der Waals surface area (Å²) in [4.78, 5) is 0. The van der Waals surface area contributed by atoms with E-state index in [2.05, 4.69) is 15.2 Å². The van der Waals surface area contributed by atoms with Crippen LogP contribution in [0.15, 0.2) is 0 Å². The van der Waals surface area contributed by atoms with E-state index in [4.69, 9.17) is 9.05 Å². The summed E-state index contributed by atoms with van der Waals surface area (Å²) < 4.78 is 12.3. The molecule has 0 aromatic heterocycles. The zero-order valence-electron chi connectivity index (χ0n) is 10.1. The lowest BCUT2D eigenvalue weighted by Gasteiger charge is -2.41. The van der Waals surface area contributed by atoms with Crippen LogP contribution in [0.5, 0.6) is 0 Å². The highest BCUT2D eigenvalue weighted by Crippen LogP contribution is 2.66. The summed E-state index contributed by atoms with van der Waals surface area (Å²) in [6.07, 6.45) is 11.1. The first-order valence-corrected chi connectivity index (χ1v) is 10.0. The van der Waals surface area contributed by atoms with E-state index >= 15 is 0 Å². The van der Waals surface area contributed by atoms with Crippen molar-refractivity contribution in [3.05, 3.63) is 0 Å². The average molecular weight is 260 g/mol. The van der Waals surface area contributed by atoms with Gasteiger partial charge in [-0.15, -0.1) is 0 Å². The Labute approximate surface area is 101 Å². The summed E-state index contributed by atoms with van der Waals surface area (Å²) in [7, 11) is 2.02. The van der Waals surface area contributed by atoms with E-state index in [0.717, 1.165) is 12.3 Å². The zero-order chi connectivity index (χ0) is 11.2.